The van der Waals surface area contributed by atoms with Crippen LogP contribution >= 0.6 is 7.67 Å². The van der Waals surface area contributed by atoms with Gasteiger partial charge in [0.25, 0.3) is 0 Å². The number of nitrogens with two attached hydrogens (primary N) is 3. The fourth-order valence-corrected chi connectivity index (χ4v) is 11.1. The number of guanidine groups is 3. The average Bonchev–Trinajstić information content (AvgIpc) is 3.68. The molecule has 6 saturated heterocycles. The molecule has 6 fully saturated rings. The number of aliphatic imine (C=N–C) groups is 3. The van der Waals surface area contributed by atoms with Crippen molar-refractivity contribution in [3.8, 4) is 0 Å². The second-order valence-corrected chi connectivity index (χ2v) is 21.1. The molecule has 7 aliphatic rings. The Labute approximate surface area is 419 Å². The molecule has 25 nitrogen and oxygen atoms in total. The van der Waals surface area contributed by atoms with E-state index in [2.05, 4.69) is 20.3 Å². The van der Waals surface area contributed by atoms with E-state index in [0.717, 1.165) is 0 Å². The molecule has 0 aromatic rings. The summed E-state index contributed by atoms with van der Waals surface area (Å²) in [4.78, 5) is 21.4. The van der Waals surface area contributed by atoms with Gasteiger partial charge in [0.15, 0.2) is 17.9 Å². The molecular formula is C38H66B6N16O9P-. The van der Waals surface area contributed by atoms with Gasteiger partial charge in [-0.3, -0.25) is 19.5 Å². The molecule has 0 aliphatic carbocycles. The molecule has 8 N–H and O–H groups in total. The van der Waals surface area contributed by atoms with Gasteiger partial charge in [0.2, 0.25) is 0 Å². The number of rotatable bonds is 15. The molecule has 13 unspecified atom stereocenters. The monoisotopic (exact) mass is 988 g/mol. The first-order valence-corrected chi connectivity index (χ1v) is 25.2. The molecule has 32 heteroatoms. The van der Waals surface area contributed by atoms with Gasteiger partial charge < -0.3 is 90.6 Å². The van der Waals surface area contributed by atoms with Gasteiger partial charge in [-0.05, 0) is 33.0 Å². The Balaban J connectivity index is 0.885. The molecular weight excluding hydrogens is 920 g/mol. The first-order chi connectivity index (χ1) is 33.3. The zero-order valence-corrected chi connectivity index (χ0v) is 41.4. The molecule has 0 saturated carbocycles. The fraction of sp³-hybridized carbons (Fsp3) is 0.868. The van der Waals surface area contributed by atoms with E-state index in [1.54, 1.807) is 23.9 Å². The Hall–Kier alpha value is -2.91. The van der Waals surface area contributed by atoms with Crippen molar-refractivity contribution in [1.29, 1.82) is 0 Å². The van der Waals surface area contributed by atoms with Crippen LogP contribution in [0.25, 0.3) is 5.43 Å². The number of hydrogen-bond donors (Lipinski definition) is 5. The normalized spacial score (nSPS) is 35.8. The van der Waals surface area contributed by atoms with E-state index in [4.69, 9.17) is 103 Å². The molecule has 376 valence electrons. The molecule has 12 radical (unpaired) electrons. The van der Waals surface area contributed by atoms with E-state index in [1.165, 1.54) is 4.67 Å². The quantitative estimate of drug-likeness (QED) is 0.0442. The molecule has 7 heterocycles. The maximum absolute atomic E-state index is 14.2. The molecule has 7 aliphatic heterocycles. The number of ether oxygens (including phenoxy) is 6. The predicted molar refractivity (Wildman–Crippen MR) is 267 cm³/mol. The predicted octanol–water partition coefficient (Wildman–Crippen LogP) is -6.68. The van der Waals surface area contributed by atoms with Crippen LogP contribution in [-0.4, -0.2) is 321 Å². The third-order valence-electron chi connectivity index (χ3n) is 12.5. The maximum Gasteiger partial charge on any atom is 0.345 e. The van der Waals surface area contributed by atoms with Crippen LogP contribution in [0, 0.1) is 0 Å². The minimum absolute atomic E-state index is 0.0257. The molecule has 70 heavy (non-hydrogen) atoms. The summed E-state index contributed by atoms with van der Waals surface area (Å²) in [6.45, 7) is 5.39. The average molecular weight is 987 g/mol. The van der Waals surface area contributed by atoms with Gasteiger partial charge in [-0.1, -0.05) is 0 Å². The maximum atomic E-state index is 14.2. The molecule has 0 aromatic heterocycles. The Morgan fingerprint density at radius 3 is 1.73 bits per heavy atom. The van der Waals surface area contributed by atoms with E-state index in [0.29, 0.717) is 90.3 Å². The van der Waals surface area contributed by atoms with Crippen molar-refractivity contribution in [1.82, 2.24) is 44.4 Å². The highest BCUT2D eigenvalue weighted by Crippen LogP contribution is 2.53. The largest absolute Gasteiger partial charge is 0.462 e. The van der Waals surface area contributed by atoms with E-state index in [9.17, 15) is 9.67 Å². The van der Waals surface area contributed by atoms with Crippen LogP contribution in [-0.2, 0) is 37.5 Å². The van der Waals surface area contributed by atoms with Gasteiger partial charge in [0.1, 0.15) is 47.1 Å². The first-order valence-electron chi connectivity index (χ1n) is 23.6. The molecule has 0 amide bonds. The second kappa shape index (κ2) is 24.9. The Bertz CT molecular complexity index is 1900. The van der Waals surface area contributed by atoms with E-state index >= 15 is 0 Å². The lowest BCUT2D eigenvalue weighted by molar-refractivity contribution is -0.0679. The SMILES string of the molecule is [B]C1CNCC(CN=C(N)N2CC([B])OC(CN=C(N)N3CC([B])OC(CN=C(N)N4CC([B])OC(CN5C=C(N6CC([B])OC(COP(=O)(N(C)C)N7CC([B])OC(CO)C7)C6)[N-]N5C)C4)C3)C2)O1. The Morgan fingerprint density at radius 1 is 0.686 bits per heavy atom. The van der Waals surface area contributed by atoms with Gasteiger partial charge in [0.05, 0.1) is 76.0 Å². The topological polar surface area (TPSA) is 269 Å². The minimum Gasteiger partial charge on any atom is -0.462 e. The molecule has 0 bridgehead atoms. The second-order valence-electron chi connectivity index (χ2n) is 18.5. The summed E-state index contributed by atoms with van der Waals surface area (Å²) in [5, 5.41) is 16.5. The summed E-state index contributed by atoms with van der Waals surface area (Å²) in [5.41, 5.74) is 24.2. The highest BCUT2D eigenvalue weighted by molar-refractivity contribution is 7.53. The first kappa shape index (κ1) is 54.9. The number of hydrazine groups is 1. The number of nitrogens with zero attached hydrogens (tertiary/aromatic N) is 12. The summed E-state index contributed by atoms with van der Waals surface area (Å²) < 4.78 is 58.9. The van der Waals surface area contributed by atoms with Crippen molar-refractivity contribution in [2.24, 2.45) is 32.2 Å². The summed E-state index contributed by atoms with van der Waals surface area (Å²) in [7, 11) is 38.8. The lowest BCUT2D eigenvalue weighted by Gasteiger charge is -2.46. The highest BCUT2D eigenvalue weighted by Gasteiger charge is 2.41. The van der Waals surface area contributed by atoms with E-state index in [1.807, 2.05) is 37.9 Å². The molecule has 0 aromatic carbocycles. The van der Waals surface area contributed by atoms with Crippen LogP contribution in [0.2, 0.25) is 0 Å². The number of aliphatic hydroxyl groups excluding tert-OH is 1. The highest BCUT2D eigenvalue weighted by atomic mass is 31.2. The summed E-state index contributed by atoms with van der Waals surface area (Å²) >= 11 is 0. The Morgan fingerprint density at radius 2 is 1.17 bits per heavy atom. The molecule has 13 atom stereocenters. The standard InChI is InChI=1S/C38H66B6N16O9P/c1-53(2)70(62,60-14-27(21-61)68-34(44)19-60)63-22-28-12-55(15-30(40)69-28)35-20-59(54(3)52-35)13-26-11-58(18-33(43)67-26)38(47)51-7-25-10-57(17-32(42)66-25)37(46)50-6-24-9-56(16-31(41)65-24)36(45)49-5-23-4-48-8-29(39)64-23/h20,23-34,48,61H,4-19,21-22H2,1-3H3,(H2,45,49)(H2,46,50)(H2,47,51)/q-1. The lowest BCUT2D eigenvalue weighted by atomic mass is 9.97. The van der Waals surface area contributed by atoms with Crippen LogP contribution in [0.15, 0.2) is 27.0 Å². The minimum atomic E-state index is -3.57. The van der Waals surface area contributed by atoms with Crippen LogP contribution in [0.3, 0.4) is 0 Å². The van der Waals surface area contributed by atoms with Gasteiger partial charge in [-0.15, -0.1) is 0 Å². The van der Waals surface area contributed by atoms with Crippen LogP contribution < -0.4 is 22.5 Å². The van der Waals surface area contributed by atoms with Crippen LogP contribution in [0.1, 0.15) is 0 Å². The lowest BCUT2D eigenvalue weighted by Crippen LogP contribution is -2.56. The zero-order valence-electron chi connectivity index (χ0n) is 40.5. The van der Waals surface area contributed by atoms with Crippen molar-refractivity contribution >= 4 is 72.6 Å². The Kier molecular flexibility index (Phi) is 19.5. The van der Waals surface area contributed by atoms with Gasteiger partial charge in [0, 0.05) is 115 Å². The zero-order chi connectivity index (χ0) is 50.3. The third kappa shape index (κ3) is 14.9. The molecule has 7 rings (SSSR count). The van der Waals surface area contributed by atoms with Crippen molar-refractivity contribution in [3.63, 3.8) is 0 Å². The summed E-state index contributed by atoms with van der Waals surface area (Å²) in [5.74, 6) is 1.53. The van der Waals surface area contributed by atoms with Gasteiger partial charge in [-0.25, -0.2) is 14.5 Å². The number of morpholine rings is 6. The van der Waals surface area contributed by atoms with E-state index < -0.39 is 56.0 Å². The smallest absolute Gasteiger partial charge is 0.345 e. The fourth-order valence-electron chi connectivity index (χ4n) is 9.11. The summed E-state index contributed by atoms with van der Waals surface area (Å²) in [6.07, 6.45) is -0.627. The van der Waals surface area contributed by atoms with Crippen molar-refractivity contribution in [2.75, 3.05) is 139 Å². The van der Waals surface area contributed by atoms with Crippen molar-refractivity contribution in [2.45, 2.75) is 72.6 Å². The summed E-state index contributed by atoms with van der Waals surface area (Å²) in [6, 6.07) is -3.67. The van der Waals surface area contributed by atoms with Crippen LogP contribution in [0.4, 0.5) is 0 Å². The molecule has 0 spiro atoms. The number of aliphatic hydroxyl groups is 1. The number of hydrogen-bond acceptors (Lipinski definition) is 16. The van der Waals surface area contributed by atoms with Gasteiger partial charge in [-0.2, -0.15) is 0 Å². The third-order valence-corrected chi connectivity index (χ3v) is 15.0. The van der Waals surface area contributed by atoms with Crippen molar-refractivity contribution < 1.29 is 42.6 Å². The van der Waals surface area contributed by atoms with Crippen LogP contribution in [0.5, 0.6) is 0 Å². The van der Waals surface area contributed by atoms with Crippen molar-refractivity contribution in [3.05, 3.63) is 17.4 Å². The van der Waals surface area contributed by atoms with Gasteiger partial charge >= 0.3 is 7.67 Å². The number of nitrogens with one attached hydrogen (secondary N) is 1. The van der Waals surface area contributed by atoms with E-state index in [-0.39, 0.29) is 75.6 Å².